The molecule has 2 rings (SSSR count). The summed E-state index contributed by atoms with van der Waals surface area (Å²) in [4.78, 5) is 14.2. The molecule has 104 valence electrons. The second-order valence-electron chi connectivity index (χ2n) is 5.25. The van der Waals surface area contributed by atoms with E-state index < -0.39 is 0 Å². The monoisotopic (exact) mass is 262 g/mol. The van der Waals surface area contributed by atoms with Gasteiger partial charge >= 0.3 is 0 Å². The largest absolute Gasteiger partial charge is 0.375 e. The molecule has 0 aromatic heterocycles. The van der Waals surface area contributed by atoms with Crippen LogP contribution in [0.25, 0.3) is 0 Å². The van der Waals surface area contributed by atoms with Gasteiger partial charge in [-0.25, -0.2) is 0 Å². The van der Waals surface area contributed by atoms with Crippen molar-refractivity contribution < 1.29 is 9.53 Å². The van der Waals surface area contributed by atoms with E-state index >= 15 is 0 Å². The maximum Gasteiger partial charge on any atom is 0.246 e. The molecule has 0 unspecified atom stereocenters. The van der Waals surface area contributed by atoms with Crippen LogP contribution in [0.3, 0.4) is 0 Å². The van der Waals surface area contributed by atoms with Gasteiger partial charge in [-0.3, -0.25) is 4.79 Å². The molecular weight excluding hydrogens is 240 g/mol. The van der Waals surface area contributed by atoms with Gasteiger partial charge in [-0.1, -0.05) is 6.07 Å². The Hall–Kier alpha value is -1.39. The fraction of sp³-hybridized carbons (Fsp3) is 0.533. The molecule has 0 spiro atoms. The first kappa shape index (κ1) is 14.0. The van der Waals surface area contributed by atoms with E-state index in [1.807, 2.05) is 40.0 Å². The normalized spacial score (nSPS) is 23.2. The maximum atomic E-state index is 12.5. The minimum absolute atomic E-state index is 0.0530. The number of nitrogens with zero attached hydrogens (tertiary/aromatic N) is 1. The summed E-state index contributed by atoms with van der Waals surface area (Å²) in [5.74, 6) is 0.0530. The van der Waals surface area contributed by atoms with E-state index in [1.54, 1.807) is 4.90 Å². The van der Waals surface area contributed by atoms with Crippen molar-refractivity contribution in [3.05, 3.63) is 29.3 Å². The van der Waals surface area contributed by atoms with Gasteiger partial charge in [0.2, 0.25) is 5.91 Å². The number of ether oxygens (including phenoxy) is 1. The number of hydrogen-bond donors (Lipinski definition) is 1. The molecule has 1 amide bonds. The first-order valence-electron chi connectivity index (χ1n) is 6.70. The van der Waals surface area contributed by atoms with Crippen molar-refractivity contribution in [2.24, 2.45) is 0 Å². The lowest BCUT2D eigenvalue weighted by molar-refractivity contribution is -0.126. The van der Waals surface area contributed by atoms with Crippen molar-refractivity contribution in [1.29, 1.82) is 0 Å². The smallest absolute Gasteiger partial charge is 0.246 e. The topological polar surface area (TPSA) is 41.6 Å². The number of rotatable bonds is 2. The minimum atomic E-state index is -0.264. The Morgan fingerprint density at radius 2 is 1.95 bits per heavy atom. The molecule has 0 radical (unpaired) electrons. The average Bonchev–Trinajstić information content (AvgIpc) is 2.36. The number of nitrogens with one attached hydrogen (secondary N) is 1. The van der Waals surface area contributed by atoms with E-state index in [9.17, 15) is 4.79 Å². The Morgan fingerprint density at radius 3 is 2.53 bits per heavy atom. The quantitative estimate of drug-likeness (QED) is 0.881. The second-order valence-corrected chi connectivity index (χ2v) is 5.25. The first-order valence-corrected chi connectivity index (χ1v) is 6.70. The van der Waals surface area contributed by atoms with Gasteiger partial charge in [0.05, 0.1) is 12.7 Å². The van der Waals surface area contributed by atoms with Crippen molar-refractivity contribution in [3.8, 4) is 0 Å². The fourth-order valence-corrected chi connectivity index (χ4v) is 2.49. The van der Waals surface area contributed by atoms with Crippen molar-refractivity contribution >= 4 is 11.6 Å². The van der Waals surface area contributed by atoms with E-state index in [1.165, 1.54) is 0 Å². The third kappa shape index (κ3) is 3.14. The molecule has 1 N–H and O–H groups in total. The highest BCUT2D eigenvalue weighted by Crippen LogP contribution is 2.19. The second kappa shape index (κ2) is 5.72. The lowest BCUT2D eigenvalue weighted by Crippen LogP contribution is -2.55. The van der Waals surface area contributed by atoms with Gasteiger partial charge in [-0.15, -0.1) is 0 Å². The Bertz CT molecular complexity index is 453. The van der Waals surface area contributed by atoms with Crippen molar-refractivity contribution in [2.75, 3.05) is 25.1 Å². The number of anilines is 1. The Balaban J connectivity index is 2.18. The van der Waals surface area contributed by atoms with Crippen LogP contribution in [0.5, 0.6) is 0 Å². The number of morpholine rings is 1. The molecule has 4 nitrogen and oxygen atoms in total. The van der Waals surface area contributed by atoms with E-state index in [0.29, 0.717) is 6.61 Å². The molecule has 2 atom stereocenters. The number of aryl methyl sites for hydroxylation is 2. The Morgan fingerprint density at radius 1 is 1.32 bits per heavy atom. The highest BCUT2D eigenvalue weighted by molar-refractivity contribution is 5.97. The van der Waals surface area contributed by atoms with E-state index in [-0.39, 0.29) is 18.1 Å². The molecule has 4 heteroatoms. The van der Waals surface area contributed by atoms with Gasteiger partial charge in [0.25, 0.3) is 0 Å². The number of carbonyl (C=O) groups excluding carboxylic acids is 1. The van der Waals surface area contributed by atoms with Gasteiger partial charge in [-0.05, 0) is 44.0 Å². The molecule has 1 aromatic rings. The number of hydrogen-bond acceptors (Lipinski definition) is 3. The highest BCUT2D eigenvalue weighted by atomic mass is 16.5. The van der Waals surface area contributed by atoms with E-state index in [4.69, 9.17) is 4.74 Å². The minimum Gasteiger partial charge on any atom is -0.375 e. The highest BCUT2D eigenvalue weighted by Gasteiger charge is 2.31. The lowest BCUT2D eigenvalue weighted by Gasteiger charge is -2.32. The van der Waals surface area contributed by atoms with Crippen LogP contribution < -0.4 is 10.2 Å². The third-order valence-corrected chi connectivity index (χ3v) is 3.51. The summed E-state index contributed by atoms with van der Waals surface area (Å²) in [7, 11) is 1.82. The molecule has 1 aliphatic heterocycles. The molecule has 1 aromatic carbocycles. The van der Waals surface area contributed by atoms with Gasteiger partial charge in [0.1, 0.15) is 6.04 Å². The molecule has 1 heterocycles. The third-order valence-electron chi connectivity index (χ3n) is 3.51. The zero-order valence-electron chi connectivity index (χ0n) is 12.1. The van der Waals surface area contributed by atoms with Gasteiger partial charge in [0, 0.05) is 19.3 Å². The first-order chi connectivity index (χ1) is 8.99. The summed E-state index contributed by atoms with van der Waals surface area (Å²) in [6.45, 7) is 7.41. The van der Waals surface area contributed by atoms with Crippen LogP contribution in [0.2, 0.25) is 0 Å². The molecule has 1 saturated heterocycles. The zero-order valence-corrected chi connectivity index (χ0v) is 12.1. The summed E-state index contributed by atoms with van der Waals surface area (Å²) >= 11 is 0. The summed E-state index contributed by atoms with van der Waals surface area (Å²) < 4.78 is 5.54. The van der Waals surface area contributed by atoms with Gasteiger partial charge in [-0.2, -0.15) is 0 Å². The van der Waals surface area contributed by atoms with Crippen LogP contribution >= 0.6 is 0 Å². The number of likely N-dealkylation sites (N-methyl/N-ethyl adjacent to an activating group) is 1. The maximum absolute atomic E-state index is 12.5. The summed E-state index contributed by atoms with van der Waals surface area (Å²) in [5.41, 5.74) is 3.26. The van der Waals surface area contributed by atoms with Gasteiger partial charge < -0.3 is 15.0 Å². The molecular formula is C15H22N2O2. The van der Waals surface area contributed by atoms with Crippen molar-refractivity contribution in [3.63, 3.8) is 0 Å². The Kier molecular flexibility index (Phi) is 4.22. The van der Waals surface area contributed by atoms with Crippen molar-refractivity contribution in [1.82, 2.24) is 5.32 Å². The number of benzene rings is 1. The molecule has 0 bridgehead atoms. The number of amides is 1. The standard InChI is InChI=1S/C15H22N2O2/c1-10-7-11(2)9-13(8-10)17(4)15(18)14-12(3)19-6-5-16-14/h7-9,12,14,16H,5-6H2,1-4H3/t12-,14+/m1/s1. The molecule has 19 heavy (non-hydrogen) atoms. The SMILES string of the molecule is Cc1cc(C)cc(N(C)C(=O)[C@H]2NCCO[C@@H]2C)c1. The fourth-order valence-electron chi connectivity index (χ4n) is 2.49. The molecule has 0 aliphatic carbocycles. The zero-order chi connectivity index (χ0) is 14.0. The van der Waals surface area contributed by atoms with E-state index in [0.717, 1.165) is 23.4 Å². The lowest BCUT2D eigenvalue weighted by atomic mass is 10.1. The summed E-state index contributed by atoms with van der Waals surface area (Å²) in [6.07, 6.45) is -0.0883. The molecule has 1 fully saturated rings. The predicted molar refractivity (Wildman–Crippen MR) is 76.5 cm³/mol. The van der Waals surface area contributed by atoms with Crippen molar-refractivity contribution in [2.45, 2.75) is 32.9 Å². The van der Waals surface area contributed by atoms with Crippen LogP contribution in [-0.2, 0) is 9.53 Å². The van der Waals surface area contributed by atoms with Crippen LogP contribution in [0, 0.1) is 13.8 Å². The summed E-state index contributed by atoms with van der Waals surface area (Å²) in [5, 5.41) is 3.23. The molecule has 0 saturated carbocycles. The van der Waals surface area contributed by atoms with Crippen LogP contribution in [0.1, 0.15) is 18.1 Å². The Labute approximate surface area is 114 Å². The van der Waals surface area contributed by atoms with Crippen LogP contribution in [0.15, 0.2) is 18.2 Å². The molecule has 1 aliphatic rings. The van der Waals surface area contributed by atoms with Crippen LogP contribution in [-0.4, -0.2) is 38.3 Å². The van der Waals surface area contributed by atoms with Crippen LogP contribution in [0.4, 0.5) is 5.69 Å². The summed E-state index contributed by atoms with van der Waals surface area (Å²) in [6, 6.07) is 5.89. The van der Waals surface area contributed by atoms with Gasteiger partial charge in [0.15, 0.2) is 0 Å². The predicted octanol–water partition coefficient (Wildman–Crippen LogP) is 1.64. The van der Waals surface area contributed by atoms with E-state index in [2.05, 4.69) is 11.4 Å². The number of carbonyl (C=O) groups is 1. The average molecular weight is 262 g/mol.